The van der Waals surface area contributed by atoms with Crippen LogP contribution < -0.4 is 11.1 Å². The summed E-state index contributed by atoms with van der Waals surface area (Å²) < 4.78 is 0. The number of carbonyl (C=O) groups excluding carboxylic acids is 2. The minimum absolute atomic E-state index is 0.116. The van der Waals surface area contributed by atoms with E-state index in [9.17, 15) is 14.7 Å². The highest BCUT2D eigenvalue weighted by Gasteiger charge is 2.28. The van der Waals surface area contributed by atoms with E-state index in [0.29, 0.717) is 0 Å². The van der Waals surface area contributed by atoms with E-state index in [1.165, 1.54) is 26.0 Å². The second-order valence-corrected chi connectivity index (χ2v) is 4.46. The summed E-state index contributed by atoms with van der Waals surface area (Å²) in [5, 5.41) is 12.1. The van der Waals surface area contributed by atoms with Gasteiger partial charge in [-0.25, -0.2) is 0 Å². The Kier molecular flexibility index (Phi) is 3.41. The van der Waals surface area contributed by atoms with Crippen molar-refractivity contribution in [3.63, 3.8) is 0 Å². The molecule has 1 rings (SSSR count). The highest BCUT2D eigenvalue weighted by Crippen LogP contribution is 2.19. The quantitative estimate of drug-likeness (QED) is 0.721. The molecule has 1 aromatic carbocycles. The van der Waals surface area contributed by atoms with E-state index < -0.39 is 17.4 Å². The van der Waals surface area contributed by atoms with Gasteiger partial charge in [0.1, 0.15) is 11.3 Å². The standard InChI is InChI=1S/C12H16N2O3/c1-7-4-5-8(9(15)6-7)10(16)14-12(2,3)11(13)17/h4-6,15H,1-3H3,(H2,13,17)(H,14,16). The molecule has 0 aromatic heterocycles. The number of nitrogens with two attached hydrogens (primary N) is 1. The molecular weight excluding hydrogens is 220 g/mol. The maximum absolute atomic E-state index is 11.8. The molecule has 0 spiro atoms. The fourth-order valence-corrected chi connectivity index (χ4v) is 1.25. The van der Waals surface area contributed by atoms with Crippen molar-refractivity contribution < 1.29 is 14.7 Å². The molecule has 0 bridgehead atoms. The monoisotopic (exact) mass is 236 g/mol. The fraction of sp³-hybridized carbons (Fsp3) is 0.333. The highest BCUT2D eigenvalue weighted by molar-refractivity contribution is 6.00. The Bertz CT molecular complexity index is 467. The zero-order chi connectivity index (χ0) is 13.2. The number of benzene rings is 1. The largest absolute Gasteiger partial charge is 0.507 e. The molecule has 4 N–H and O–H groups in total. The Morgan fingerprint density at radius 3 is 2.41 bits per heavy atom. The first-order valence-electron chi connectivity index (χ1n) is 5.16. The SMILES string of the molecule is Cc1ccc(C(=O)NC(C)(C)C(N)=O)c(O)c1. The first-order valence-corrected chi connectivity index (χ1v) is 5.16. The summed E-state index contributed by atoms with van der Waals surface area (Å²) >= 11 is 0. The van der Waals surface area contributed by atoms with Crippen LogP contribution >= 0.6 is 0 Å². The fourth-order valence-electron chi connectivity index (χ4n) is 1.25. The van der Waals surface area contributed by atoms with E-state index in [0.717, 1.165) is 5.56 Å². The van der Waals surface area contributed by atoms with Gasteiger partial charge in [-0.3, -0.25) is 9.59 Å². The topological polar surface area (TPSA) is 92.4 Å². The normalized spacial score (nSPS) is 11.0. The van der Waals surface area contributed by atoms with Gasteiger partial charge in [-0.2, -0.15) is 0 Å². The number of phenolic OH excluding ortho intramolecular Hbond substituents is 1. The third-order valence-electron chi connectivity index (χ3n) is 2.44. The van der Waals surface area contributed by atoms with Gasteiger partial charge in [-0.15, -0.1) is 0 Å². The number of amides is 2. The molecule has 0 fully saturated rings. The first kappa shape index (κ1) is 13.0. The number of aromatic hydroxyl groups is 1. The van der Waals surface area contributed by atoms with E-state index in [1.807, 2.05) is 0 Å². The minimum atomic E-state index is -1.16. The number of hydrogen-bond donors (Lipinski definition) is 3. The van der Waals surface area contributed by atoms with Crippen LogP contribution in [-0.2, 0) is 4.79 Å². The van der Waals surface area contributed by atoms with E-state index in [4.69, 9.17) is 5.73 Å². The van der Waals surface area contributed by atoms with E-state index in [2.05, 4.69) is 5.32 Å². The average Bonchev–Trinajstić information content (AvgIpc) is 2.15. The van der Waals surface area contributed by atoms with Crippen molar-refractivity contribution >= 4 is 11.8 Å². The second kappa shape index (κ2) is 4.45. The van der Waals surface area contributed by atoms with Gasteiger partial charge in [0, 0.05) is 0 Å². The molecule has 0 heterocycles. The molecule has 17 heavy (non-hydrogen) atoms. The van der Waals surface area contributed by atoms with Crippen LogP contribution in [0.25, 0.3) is 0 Å². The summed E-state index contributed by atoms with van der Waals surface area (Å²) in [5.41, 5.74) is 4.94. The number of phenols is 1. The molecule has 0 aliphatic rings. The smallest absolute Gasteiger partial charge is 0.255 e. The van der Waals surface area contributed by atoms with Crippen molar-refractivity contribution in [3.8, 4) is 5.75 Å². The summed E-state index contributed by atoms with van der Waals surface area (Å²) in [5.74, 6) is -1.30. The van der Waals surface area contributed by atoms with Crippen molar-refractivity contribution in [1.82, 2.24) is 5.32 Å². The van der Waals surface area contributed by atoms with Gasteiger partial charge >= 0.3 is 0 Å². The molecule has 0 aliphatic heterocycles. The van der Waals surface area contributed by atoms with Crippen LogP contribution in [0.2, 0.25) is 0 Å². The van der Waals surface area contributed by atoms with Crippen molar-refractivity contribution in [1.29, 1.82) is 0 Å². The van der Waals surface area contributed by atoms with Crippen LogP contribution in [0.4, 0.5) is 0 Å². The van der Waals surface area contributed by atoms with Gasteiger partial charge in [0.2, 0.25) is 5.91 Å². The van der Waals surface area contributed by atoms with Gasteiger partial charge in [0.05, 0.1) is 5.56 Å². The third kappa shape index (κ3) is 2.96. The van der Waals surface area contributed by atoms with Crippen LogP contribution in [0.3, 0.4) is 0 Å². The summed E-state index contributed by atoms with van der Waals surface area (Å²) in [6.07, 6.45) is 0. The van der Waals surface area contributed by atoms with Gasteiger partial charge in [0.15, 0.2) is 0 Å². The Hall–Kier alpha value is -2.04. The van der Waals surface area contributed by atoms with Crippen LogP contribution in [0.5, 0.6) is 5.75 Å². The Morgan fingerprint density at radius 1 is 1.35 bits per heavy atom. The van der Waals surface area contributed by atoms with Gasteiger partial charge in [-0.1, -0.05) is 6.07 Å². The molecular formula is C12H16N2O3. The number of aryl methyl sites for hydroxylation is 1. The molecule has 92 valence electrons. The van der Waals surface area contributed by atoms with Crippen LogP contribution in [0, 0.1) is 6.92 Å². The van der Waals surface area contributed by atoms with E-state index >= 15 is 0 Å². The second-order valence-electron chi connectivity index (χ2n) is 4.46. The first-order chi connectivity index (χ1) is 7.74. The van der Waals surface area contributed by atoms with E-state index in [1.54, 1.807) is 13.0 Å². The molecule has 1 aromatic rings. The summed E-state index contributed by atoms with van der Waals surface area (Å²) in [7, 11) is 0. The number of carbonyl (C=O) groups is 2. The van der Waals surface area contributed by atoms with Crippen molar-refractivity contribution in [2.24, 2.45) is 5.73 Å². The molecule has 0 atom stereocenters. The zero-order valence-corrected chi connectivity index (χ0v) is 10.1. The number of nitrogens with one attached hydrogen (secondary N) is 1. The van der Waals surface area contributed by atoms with Gasteiger partial charge in [-0.05, 0) is 38.5 Å². The summed E-state index contributed by atoms with van der Waals surface area (Å²) in [4.78, 5) is 22.9. The molecule has 5 nitrogen and oxygen atoms in total. The van der Waals surface area contributed by atoms with Crippen LogP contribution in [-0.4, -0.2) is 22.5 Å². The third-order valence-corrected chi connectivity index (χ3v) is 2.44. The lowest BCUT2D eigenvalue weighted by Crippen LogP contribution is -2.53. The number of primary amides is 1. The summed E-state index contributed by atoms with van der Waals surface area (Å²) in [6, 6.07) is 4.68. The Balaban J connectivity index is 2.95. The molecule has 5 heteroatoms. The van der Waals surface area contributed by atoms with Gasteiger partial charge in [0.25, 0.3) is 5.91 Å². The molecule has 2 amide bonds. The molecule has 0 radical (unpaired) electrons. The number of hydrogen-bond acceptors (Lipinski definition) is 3. The lowest BCUT2D eigenvalue weighted by molar-refractivity contribution is -0.122. The molecule has 0 unspecified atom stereocenters. The van der Waals surface area contributed by atoms with Crippen molar-refractivity contribution in [2.75, 3.05) is 0 Å². The summed E-state index contributed by atoms with van der Waals surface area (Å²) in [6.45, 7) is 4.80. The maximum atomic E-state index is 11.8. The average molecular weight is 236 g/mol. The minimum Gasteiger partial charge on any atom is -0.507 e. The lowest BCUT2D eigenvalue weighted by atomic mass is 10.0. The molecule has 0 saturated carbocycles. The Morgan fingerprint density at radius 2 is 1.94 bits per heavy atom. The van der Waals surface area contributed by atoms with Crippen molar-refractivity contribution in [2.45, 2.75) is 26.3 Å². The van der Waals surface area contributed by atoms with Crippen molar-refractivity contribution in [3.05, 3.63) is 29.3 Å². The molecule has 0 saturated heterocycles. The highest BCUT2D eigenvalue weighted by atomic mass is 16.3. The molecule has 0 aliphatic carbocycles. The van der Waals surface area contributed by atoms with Crippen LogP contribution in [0.15, 0.2) is 18.2 Å². The van der Waals surface area contributed by atoms with Gasteiger partial charge < -0.3 is 16.2 Å². The zero-order valence-electron chi connectivity index (χ0n) is 10.1. The number of rotatable bonds is 3. The van der Waals surface area contributed by atoms with Crippen LogP contribution in [0.1, 0.15) is 29.8 Å². The predicted octanol–water partition coefficient (Wildman–Crippen LogP) is 0.694. The maximum Gasteiger partial charge on any atom is 0.255 e. The Labute approximate surface area is 99.6 Å². The van der Waals surface area contributed by atoms with E-state index in [-0.39, 0.29) is 11.3 Å². The lowest BCUT2D eigenvalue weighted by Gasteiger charge is -2.22. The predicted molar refractivity (Wildman–Crippen MR) is 63.6 cm³/mol.